The van der Waals surface area contributed by atoms with Gasteiger partial charge in [0.1, 0.15) is 6.04 Å². The summed E-state index contributed by atoms with van der Waals surface area (Å²) in [5.41, 5.74) is 0.986. The molecule has 0 aliphatic carbocycles. The molecule has 5 nitrogen and oxygen atoms in total. The van der Waals surface area contributed by atoms with E-state index < -0.39 is 28.8 Å². The van der Waals surface area contributed by atoms with Crippen LogP contribution >= 0.6 is 23.2 Å². The molecule has 2 rings (SSSR count). The van der Waals surface area contributed by atoms with E-state index in [4.69, 9.17) is 23.2 Å². The molecule has 1 unspecified atom stereocenters. The molecule has 1 fully saturated rings. The molecule has 1 aromatic rings. The molecular formula is C13H11Cl2NO4. The first kappa shape index (κ1) is 14.8. The number of esters is 1. The van der Waals surface area contributed by atoms with Crippen LogP contribution in [0, 0.1) is 0 Å². The number of alkyl halides is 2. The Hall–Kier alpha value is -1.59. The first-order valence-electron chi connectivity index (χ1n) is 5.91. The highest BCUT2D eigenvalue weighted by Crippen LogP contribution is 2.22. The van der Waals surface area contributed by atoms with Gasteiger partial charge in [0.05, 0.1) is 0 Å². The van der Waals surface area contributed by atoms with Crippen molar-refractivity contribution in [1.82, 2.24) is 4.90 Å². The summed E-state index contributed by atoms with van der Waals surface area (Å²) < 4.78 is 4.46. The third-order valence-corrected chi connectivity index (χ3v) is 3.32. The van der Waals surface area contributed by atoms with Crippen LogP contribution in [0.4, 0.5) is 4.79 Å². The zero-order valence-corrected chi connectivity index (χ0v) is 11.8. The number of benzene rings is 1. The Labute approximate surface area is 125 Å². The number of hydrogen-bond donors (Lipinski definition) is 0. The van der Waals surface area contributed by atoms with E-state index in [-0.39, 0.29) is 6.42 Å². The van der Waals surface area contributed by atoms with Gasteiger partial charge in [-0.3, -0.25) is 4.79 Å². The number of carbonyl (C=O) groups is 3. The van der Waals surface area contributed by atoms with Gasteiger partial charge in [-0.25, -0.2) is 14.5 Å². The van der Waals surface area contributed by atoms with Gasteiger partial charge in [-0.15, -0.1) is 0 Å². The third kappa shape index (κ3) is 3.11. The number of carbonyl (C=O) groups excluding carboxylic acids is 3. The number of rotatable bonds is 4. The minimum atomic E-state index is -1.41. The number of nitrogens with zero attached hydrogens (tertiary/aromatic N) is 1. The Morgan fingerprint density at radius 2 is 1.90 bits per heavy atom. The number of aryl methyl sites for hydroxylation is 1. The van der Waals surface area contributed by atoms with Gasteiger partial charge in [0.25, 0.3) is 5.91 Å². The van der Waals surface area contributed by atoms with Crippen LogP contribution in [-0.4, -0.2) is 33.7 Å². The second-order valence-electron chi connectivity index (χ2n) is 4.24. The molecule has 0 aromatic heterocycles. The average Bonchev–Trinajstić information content (AvgIpc) is 2.70. The van der Waals surface area contributed by atoms with Crippen LogP contribution in [-0.2, 0) is 20.7 Å². The molecule has 1 saturated heterocycles. The van der Waals surface area contributed by atoms with Gasteiger partial charge in [-0.1, -0.05) is 53.5 Å². The summed E-state index contributed by atoms with van der Waals surface area (Å²) in [6.45, 7) is 0. The smallest absolute Gasteiger partial charge is 0.374 e. The van der Waals surface area contributed by atoms with Gasteiger partial charge in [0, 0.05) is 0 Å². The van der Waals surface area contributed by atoms with Crippen molar-refractivity contribution in [1.29, 1.82) is 0 Å². The quantitative estimate of drug-likeness (QED) is 0.486. The van der Waals surface area contributed by atoms with E-state index in [0.717, 1.165) is 5.56 Å². The molecule has 0 spiro atoms. The van der Waals surface area contributed by atoms with Crippen molar-refractivity contribution >= 4 is 41.2 Å². The van der Waals surface area contributed by atoms with Crippen LogP contribution in [0.25, 0.3) is 0 Å². The summed E-state index contributed by atoms with van der Waals surface area (Å²) in [4.78, 5) is 34.1. The Balaban J connectivity index is 2.09. The number of hydrogen-bond acceptors (Lipinski definition) is 4. The molecule has 20 heavy (non-hydrogen) atoms. The highest BCUT2D eigenvalue weighted by atomic mass is 35.5. The molecule has 0 radical (unpaired) electrons. The number of cyclic esters (lactones) is 2. The van der Waals surface area contributed by atoms with Gasteiger partial charge >= 0.3 is 12.1 Å². The molecular weight excluding hydrogens is 305 g/mol. The molecule has 1 aliphatic heterocycles. The normalized spacial score (nSPS) is 18.6. The van der Waals surface area contributed by atoms with Crippen molar-refractivity contribution in [2.75, 3.05) is 0 Å². The Morgan fingerprint density at radius 3 is 2.50 bits per heavy atom. The van der Waals surface area contributed by atoms with Crippen molar-refractivity contribution in [3.8, 4) is 0 Å². The number of amides is 2. The lowest BCUT2D eigenvalue weighted by Gasteiger charge is -2.18. The summed E-state index contributed by atoms with van der Waals surface area (Å²) in [5.74, 6) is -1.60. The lowest BCUT2D eigenvalue weighted by atomic mass is 10.0. The van der Waals surface area contributed by atoms with Crippen molar-refractivity contribution in [3.05, 3.63) is 35.9 Å². The van der Waals surface area contributed by atoms with Crippen LogP contribution < -0.4 is 0 Å². The third-order valence-electron chi connectivity index (χ3n) is 2.94. The Kier molecular flexibility index (Phi) is 4.62. The maximum atomic E-state index is 11.7. The maximum Gasteiger partial charge on any atom is 0.425 e. The van der Waals surface area contributed by atoms with Crippen LogP contribution in [0.1, 0.15) is 12.0 Å². The van der Waals surface area contributed by atoms with E-state index in [1.807, 2.05) is 30.3 Å². The van der Waals surface area contributed by atoms with Crippen molar-refractivity contribution < 1.29 is 19.1 Å². The first-order valence-corrected chi connectivity index (χ1v) is 6.79. The second-order valence-corrected chi connectivity index (χ2v) is 5.33. The zero-order valence-electron chi connectivity index (χ0n) is 10.3. The number of imide groups is 1. The van der Waals surface area contributed by atoms with Crippen molar-refractivity contribution in [2.45, 2.75) is 23.7 Å². The largest absolute Gasteiger partial charge is 0.425 e. The van der Waals surface area contributed by atoms with Gasteiger partial charge in [0.15, 0.2) is 4.84 Å². The van der Waals surface area contributed by atoms with E-state index in [1.165, 1.54) is 0 Å². The standard InChI is InChI=1S/C13H11Cl2NO4/c14-10(15)11(17)16-9(12(18)20-13(16)19)7-6-8-4-2-1-3-5-8/h1-5,9-10H,6-7H2. The van der Waals surface area contributed by atoms with Gasteiger partial charge < -0.3 is 4.74 Å². The van der Waals surface area contributed by atoms with E-state index in [1.54, 1.807) is 0 Å². The van der Waals surface area contributed by atoms with Crippen LogP contribution in [0.2, 0.25) is 0 Å². The highest BCUT2D eigenvalue weighted by Gasteiger charge is 2.46. The molecule has 106 valence electrons. The summed E-state index contributed by atoms with van der Waals surface area (Å²) in [5, 5.41) is 0. The molecule has 1 heterocycles. The number of halogens is 2. The lowest BCUT2D eigenvalue weighted by Crippen LogP contribution is -2.43. The average molecular weight is 316 g/mol. The second kappa shape index (κ2) is 6.24. The van der Waals surface area contributed by atoms with Gasteiger partial charge in [0.2, 0.25) is 0 Å². The molecule has 1 aliphatic rings. The minimum absolute atomic E-state index is 0.265. The van der Waals surface area contributed by atoms with Crippen LogP contribution in [0.15, 0.2) is 30.3 Å². The Morgan fingerprint density at radius 1 is 1.25 bits per heavy atom. The summed E-state index contributed by atoms with van der Waals surface area (Å²) in [6, 6.07) is 8.40. The van der Waals surface area contributed by atoms with Crippen LogP contribution in [0.5, 0.6) is 0 Å². The molecule has 0 bridgehead atoms. The SMILES string of the molecule is O=C1OC(=O)N(C(=O)C(Cl)Cl)C1CCc1ccccc1. The zero-order chi connectivity index (χ0) is 14.7. The predicted octanol–water partition coefficient (Wildman–Crippen LogP) is 2.30. The molecule has 7 heteroatoms. The van der Waals surface area contributed by atoms with Crippen LogP contribution in [0.3, 0.4) is 0 Å². The lowest BCUT2D eigenvalue weighted by molar-refractivity contribution is -0.138. The van der Waals surface area contributed by atoms with Crippen molar-refractivity contribution in [3.63, 3.8) is 0 Å². The van der Waals surface area contributed by atoms with Crippen molar-refractivity contribution in [2.24, 2.45) is 0 Å². The number of ether oxygens (including phenoxy) is 1. The maximum absolute atomic E-state index is 11.7. The summed E-state index contributed by atoms with van der Waals surface area (Å²) in [7, 11) is 0. The fraction of sp³-hybridized carbons (Fsp3) is 0.308. The molecule has 0 N–H and O–H groups in total. The minimum Gasteiger partial charge on any atom is -0.374 e. The summed E-state index contributed by atoms with van der Waals surface area (Å²) >= 11 is 10.9. The fourth-order valence-electron chi connectivity index (χ4n) is 1.98. The molecule has 2 amide bonds. The van der Waals surface area contributed by atoms with Gasteiger partial charge in [-0.05, 0) is 18.4 Å². The van der Waals surface area contributed by atoms with E-state index in [9.17, 15) is 14.4 Å². The predicted molar refractivity (Wildman–Crippen MR) is 72.4 cm³/mol. The Bertz CT molecular complexity index is 532. The van der Waals surface area contributed by atoms with E-state index >= 15 is 0 Å². The fourth-order valence-corrected chi connectivity index (χ4v) is 2.19. The molecule has 0 saturated carbocycles. The van der Waals surface area contributed by atoms with E-state index in [2.05, 4.69) is 4.74 Å². The summed E-state index contributed by atoms with van der Waals surface area (Å²) in [6.07, 6.45) is -0.238. The monoisotopic (exact) mass is 315 g/mol. The topological polar surface area (TPSA) is 63.7 Å². The van der Waals surface area contributed by atoms with E-state index in [0.29, 0.717) is 11.3 Å². The highest BCUT2D eigenvalue weighted by molar-refractivity contribution is 6.54. The first-order chi connectivity index (χ1) is 9.50. The molecule has 1 aromatic carbocycles. The molecule has 1 atom stereocenters. The van der Waals surface area contributed by atoms with Gasteiger partial charge in [-0.2, -0.15) is 0 Å².